The molecule has 0 aromatic carbocycles. The maximum Gasteiger partial charge on any atom is 0.267 e. The molecule has 0 bridgehead atoms. The number of carbonyl (C=O) groups is 1. The van der Waals surface area contributed by atoms with Gasteiger partial charge in [-0.1, -0.05) is 0 Å². The van der Waals surface area contributed by atoms with E-state index in [1.54, 1.807) is 6.20 Å². The minimum atomic E-state index is -0.512. The minimum Gasteiger partial charge on any atom is -0.369 e. The van der Waals surface area contributed by atoms with Crippen molar-refractivity contribution < 1.29 is 4.79 Å². The number of primary amides is 1. The first-order valence-electron chi connectivity index (χ1n) is 6.77. The number of hydrogen-bond acceptors (Lipinski definition) is 4. The summed E-state index contributed by atoms with van der Waals surface area (Å²) in [6, 6.07) is 3.31. The number of nitrogens with two attached hydrogens (primary N) is 2. The summed E-state index contributed by atoms with van der Waals surface area (Å²) in [4.78, 5) is 21.1. The van der Waals surface area contributed by atoms with E-state index in [0.29, 0.717) is 11.3 Å². The van der Waals surface area contributed by atoms with Gasteiger partial charge < -0.3 is 21.4 Å². The van der Waals surface area contributed by atoms with Crippen LogP contribution in [0.1, 0.15) is 28.9 Å². The fraction of sp³-hybridized carbons (Fsp3) is 0.429. The van der Waals surface area contributed by atoms with Gasteiger partial charge in [-0.05, 0) is 19.8 Å². The van der Waals surface area contributed by atoms with Gasteiger partial charge in [-0.2, -0.15) is 0 Å². The number of carbonyl (C=O) groups excluding carboxylic acids is 1. The normalized spacial score (nSPS) is 19.5. The maximum atomic E-state index is 11.6. The van der Waals surface area contributed by atoms with Crippen molar-refractivity contribution in [2.75, 3.05) is 18.0 Å². The van der Waals surface area contributed by atoms with E-state index in [-0.39, 0.29) is 6.04 Å². The Kier molecular flexibility index (Phi) is 3.10. The van der Waals surface area contributed by atoms with Gasteiger partial charge in [0.2, 0.25) is 0 Å². The van der Waals surface area contributed by atoms with Crippen LogP contribution >= 0.6 is 0 Å². The van der Waals surface area contributed by atoms with Gasteiger partial charge >= 0.3 is 0 Å². The number of H-pyrrole nitrogens is 1. The first kappa shape index (κ1) is 12.9. The van der Waals surface area contributed by atoms with Crippen LogP contribution < -0.4 is 16.4 Å². The second-order valence-electron chi connectivity index (χ2n) is 5.30. The van der Waals surface area contributed by atoms with E-state index >= 15 is 0 Å². The summed E-state index contributed by atoms with van der Waals surface area (Å²) >= 11 is 0. The molecule has 1 atom stereocenters. The number of aromatic nitrogens is 2. The van der Waals surface area contributed by atoms with Gasteiger partial charge in [0.1, 0.15) is 11.3 Å². The van der Waals surface area contributed by atoms with E-state index in [0.717, 1.165) is 42.6 Å². The van der Waals surface area contributed by atoms with Crippen LogP contribution in [0.3, 0.4) is 0 Å². The highest BCUT2D eigenvalue weighted by molar-refractivity contribution is 6.00. The Morgan fingerprint density at radius 3 is 3.10 bits per heavy atom. The summed E-state index contributed by atoms with van der Waals surface area (Å²) in [5.74, 6) is -0.512. The highest BCUT2D eigenvalue weighted by Crippen LogP contribution is 2.32. The number of rotatable bonds is 2. The Balaban J connectivity index is 2.19. The van der Waals surface area contributed by atoms with E-state index < -0.39 is 5.91 Å². The largest absolute Gasteiger partial charge is 0.369 e. The van der Waals surface area contributed by atoms with Gasteiger partial charge in [0.15, 0.2) is 0 Å². The quantitative estimate of drug-likeness (QED) is 0.749. The predicted molar refractivity (Wildman–Crippen MR) is 77.6 cm³/mol. The Hall–Kier alpha value is -2.08. The van der Waals surface area contributed by atoms with Gasteiger partial charge in [0.25, 0.3) is 5.91 Å². The molecule has 3 heterocycles. The number of nitrogens with one attached hydrogen (secondary N) is 1. The minimum absolute atomic E-state index is 0.155. The van der Waals surface area contributed by atoms with Crippen LogP contribution in [0.4, 0.5) is 5.69 Å². The highest BCUT2D eigenvalue weighted by atomic mass is 16.1. The first-order valence-corrected chi connectivity index (χ1v) is 6.77. The van der Waals surface area contributed by atoms with Crippen molar-refractivity contribution in [3.05, 3.63) is 23.5 Å². The SMILES string of the molecule is Cc1c(C(N)=O)nc2[nH]c[c]c2c1N1CCC[C@@H](N)C1. The van der Waals surface area contributed by atoms with Gasteiger partial charge in [0, 0.05) is 37.0 Å². The average Bonchev–Trinajstić information content (AvgIpc) is 2.85. The maximum absolute atomic E-state index is 11.6. The lowest BCUT2D eigenvalue weighted by Crippen LogP contribution is -2.43. The first-order chi connectivity index (χ1) is 9.58. The van der Waals surface area contributed by atoms with E-state index in [1.165, 1.54) is 0 Å². The third-order valence-corrected chi connectivity index (χ3v) is 3.84. The molecular formula is C14H18N5O. The standard InChI is InChI=1S/C14H18N5O/c1-8-11(13(16)20)18-14-10(4-5-17-14)12(8)19-6-2-3-9(15)7-19/h5,9H,2-3,6-7,15H2,1H3,(H2,16,20)(H,17,18)/t9-/m1/s1. The van der Waals surface area contributed by atoms with Gasteiger partial charge in [0.05, 0.1) is 11.1 Å². The zero-order chi connectivity index (χ0) is 14.3. The number of nitrogens with zero attached hydrogens (tertiary/aromatic N) is 2. The average molecular weight is 272 g/mol. The molecule has 2 aromatic heterocycles. The Morgan fingerprint density at radius 2 is 2.40 bits per heavy atom. The summed E-state index contributed by atoms with van der Waals surface area (Å²) in [5.41, 5.74) is 14.2. The Labute approximate surface area is 117 Å². The van der Waals surface area contributed by atoms with Crippen molar-refractivity contribution in [1.29, 1.82) is 0 Å². The molecule has 1 radical (unpaired) electrons. The molecule has 20 heavy (non-hydrogen) atoms. The fourth-order valence-electron chi connectivity index (χ4n) is 2.93. The number of fused-ring (bicyclic) bond motifs is 1. The van der Waals surface area contributed by atoms with E-state index in [1.807, 2.05) is 6.92 Å². The van der Waals surface area contributed by atoms with Crippen LogP contribution in [-0.2, 0) is 0 Å². The van der Waals surface area contributed by atoms with Crippen LogP contribution in [-0.4, -0.2) is 35.0 Å². The molecule has 0 unspecified atom stereocenters. The lowest BCUT2D eigenvalue weighted by atomic mass is 10.0. The molecule has 105 valence electrons. The lowest BCUT2D eigenvalue weighted by molar-refractivity contribution is 0.0995. The number of pyridine rings is 1. The molecule has 1 amide bonds. The Morgan fingerprint density at radius 1 is 1.60 bits per heavy atom. The molecule has 6 nitrogen and oxygen atoms in total. The predicted octanol–water partition coefficient (Wildman–Crippen LogP) is 0.698. The van der Waals surface area contributed by atoms with Crippen molar-refractivity contribution >= 4 is 22.6 Å². The number of aromatic amines is 1. The van der Waals surface area contributed by atoms with Gasteiger partial charge in [-0.25, -0.2) is 4.98 Å². The van der Waals surface area contributed by atoms with Gasteiger partial charge in [-0.3, -0.25) is 4.79 Å². The summed E-state index contributed by atoms with van der Waals surface area (Å²) in [6.45, 7) is 3.57. The van der Waals surface area contributed by atoms with E-state index in [9.17, 15) is 4.79 Å². The zero-order valence-corrected chi connectivity index (χ0v) is 11.4. The molecule has 1 aliphatic rings. The number of anilines is 1. The third-order valence-electron chi connectivity index (χ3n) is 3.84. The molecule has 3 rings (SSSR count). The summed E-state index contributed by atoms with van der Waals surface area (Å²) in [5, 5.41) is 0.890. The topological polar surface area (TPSA) is 101 Å². The monoisotopic (exact) mass is 272 g/mol. The van der Waals surface area contributed by atoms with Crippen LogP contribution in [0.5, 0.6) is 0 Å². The number of amides is 1. The van der Waals surface area contributed by atoms with Crippen LogP contribution in [0.25, 0.3) is 11.0 Å². The van der Waals surface area contributed by atoms with Crippen molar-refractivity contribution in [2.24, 2.45) is 11.5 Å². The van der Waals surface area contributed by atoms with Gasteiger partial charge in [-0.15, -0.1) is 0 Å². The van der Waals surface area contributed by atoms with Crippen molar-refractivity contribution in [3.8, 4) is 0 Å². The molecular weight excluding hydrogens is 254 g/mol. The Bertz CT molecular complexity index is 663. The smallest absolute Gasteiger partial charge is 0.267 e. The van der Waals surface area contributed by atoms with Crippen molar-refractivity contribution in [2.45, 2.75) is 25.8 Å². The zero-order valence-electron chi connectivity index (χ0n) is 11.4. The van der Waals surface area contributed by atoms with Crippen molar-refractivity contribution in [3.63, 3.8) is 0 Å². The molecule has 0 saturated carbocycles. The van der Waals surface area contributed by atoms with Crippen LogP contribution in [0.2, 0.25) is 0 Å². The summed E-state index contributed by atoms with van der Waals surface area (Å²) < 4.78 is 0. The molecule has 2 aromatic rings. The van der Waals surface area contributed by atoms with E-state index in [4.69, 9.17) is 11.5 Å². The number of hydrogen-bond donors (Lipinski definition) is 3. The van der Waals surface area contributed by atoms with Crippen molar-refractivity contribution in [1.82, 2.24) is 9.97 Å². The highest BCUT2D eigenvalue weighted by Gasteiger charge is 2.24. The molecule has 5 N–H and O–H groups in total. The molecule has 6 heteroatoms. The lowest BCUT2D eigenvalue weighted by Gasteiger charge is -2.34. The third kappa shape index (κ3) is 2.02. The second-order valence-corrected chi connectivity index (χ2v) is 5.30. The second kappa shape index (κ2) is 4.79. The molecule has 1 saturated heterocycles. The number of piperidine rings is 1. The van der Waals surface area contributed by atoms with Crippen LogP contribution in [0.15, 0.2) is 6.20 Å². The molecule has 1 aliphatic heterocycles. The molecule has 1 fully saturated rings. The summed E-state index contributed by atoms with van der Waals surface area (Å²) in [7, 11) is 0. The summed E-state index contributed by atoms with van der Waals surface area (Å²) in [6.07, 6.45) is 3.78. The molecule has 0 aliphatic carbocycles. The molecule has 0 spiro atoms. The van der Waals surface area contributed by atoms with Crippen LogP contribution in [0, 0.1) is 13.0 Å². The fourth-order valence-corrected chi connectivity index (χ4v) is 2.93. The van der Waals surface area contributed by atoms with E-state index in [2.05, 4.69) is 20.9 Å².